The lowest BCUT2D eigenvalue weighted by Crippen LogP contribution is -2.47. The molecule has 108 valence electrons. The molecule has 3 rings (SSSR count). The minimum Gasteiger partial charge on any atom is -0.389 e. The van der Waals surface area contributed by atoms with Crippen molar-refractivity contribution in [3.8, 4) is 0 Å². The van der Waals surface area contributed by atoms with Crippen LogP contribution in [-0.2, 0) is 0 Å². The van der Waals surface area contributed by atoms with Gasteiger partial charge in [0.05, 0.1) is 0 Å². The third-order valence-corrected chi connectivity index (χ3v) is 5.04. The fraction of sp³-hybridized carbons (Fsp3) is 0.533. The van der Waals surface area contributed by atoms with E-state index in [2.05, 4.69) is 37.9 Å². The average molecular weight is 354 g/mol. The lowest BCUT2D eigenvalue weighted by Gasteiger charge is -2.36. The number of anilines is 1. The van der Waals surface area contributed by atoms with E-state index in [1.54, 1.807) is 0 Å². The molecule has 0 amide bonds. The van der Waals surface area contributed by atoms with E-state index in [4.69, 9.17) is 18.0 Å². The topological polar surface area (TPSA) is 32.5 Å². The van der Waals surface area contributed by atoms with Gasteiger partial charge in [0.25, 0.3) is 0 Å². The van der Waals surface area contributed by atoms with Crippen molar-refractivity contribution in [2.24, 2.45) is 11.7 Å². The van der Waals surface area contributed by atoms with Crippen LogP contribution in [0.5, 0.6) is 0 Å². The Morgan fingerprint density at radius 2 is 1.95 bits per heavy atom. The van der Waals surface area contributed by atoms with Crippen molar-refractivity contribution >= 4 is 38.8 Å². The normalized spacial score (nSPS) is 20.1. The second-order valence-electron chi connectivity index (χ2n) is 5.76. The van der Waals surface area contributed by atoms with Crippen molar-refractivity contribution in [1.29, 1.82) is 0 Å². The zero-order valence-electron chi connectivity index (χ0n) is 11.5. The van der Waals surface area contributed by atoms with Crippen molar-refractivity contribution in [2.75, 3.05) is 37.6 Å². The molecule has 1 aliphatic carbocycles. The van der Waals surface area contributed by atoms with Gasteiger partial charge < -0.3 is 10.6 Å². The molecule has 1 saturated heterocycles. The Hall–Kier alpha value is -0.650. The molecule has 1 aromatic carbocycles. The first-order valence-corrected chi connectivity index (χ1v) is 8.40. The van der Waals surface area contributed by atoms with Crippen LogP contribution in [0.4, 0.5) is 5.69 Å². The van der Waals surface area contributed by atoms with Crippen LogP contribution in [0.3, 0.4) is 0 Å². The quantitative estimate of drug-likeness (QED) is 0.843. The highest BCUT2D eigenvalue weighted by Gasteiger charge is 2.26. The highest BCUT2D eigenvalue weighted by atomic mass is 79.9. The molecule has 2 fully saturated rings. The number of hydrogen-bond donors (Lipinski definition) is 1. The van der Waals surface area contributed by atoms with Gasteiger partial charge in [0.2, 0.25) is 0 Å². The fourth-order valence-electron chi connectivity index (χ4n) is 2.75. The molecule has 0 radical (unpaired) electrons. The van der Waals surface area contributed by atoms with Crippen molar-refractivity contribution in [3.05, 3.63) is 28.2 Å². The summed E-state index contributed by atoms with van der Waals surface area (Å²) in [6.45, 7) is 5.85. The van der Waals surface area contributed by atoms with Crippen LogP contribution in [0, 0.1) is 5.92 Å². The van der Waals surface area contributed by atoms with E-state index >= 15 is 0 Å². The summed E-state index contributed by atoms with van der Waals surface area (Å²) in [6, 6.07) is 6.26. The predicted molar refractivity (Wildman–Crippen MR) is 91.4 cm³/mol. The van der Waals surface area contributed by atoms with Crippen LogP contribution in [0.25, 0.3) is 0 Å². The third kappa shape index (κ3) is 3.32. The minimum atomic E-state index is 0.442. The van der Waals surface area contributed by atoms with Gasteiger partial charge in [-0.3, -0.25) is 4.90 Å². The van der Waals surface area contributed by atoms with Crippen LogP contribution in [0.2, 0.25) is 0 Å². The molecule has 0 aromatic heterocycles. The van der Waals surface area contributed by atoms with Crippen LogP contribution < -0.4 is 10.6 Å². The van der Waals surface area contributed by atoms with Crippen LogP contribution in [0.15, 0.2) is 22.7 Å². The van der Waals surface area contributed by atoms with E-state index in [0.29, 0.717) is 4.99 Å². The number of rotatable bonds is 4. The van der Waals surface area contributed by atoms with E-state index in [9.17, 15) is 0 Å². The lowest BCUT2D eigenvalue weighted by atomic mass is 10.1. The van der Waals surface area contributed by atoms with Crippen molar-refractivity contribution in [1.82, 2.24) is 4.90 Å². The average Bonchev–Trinajstić information content (AvgIpc) is 3.23. The summed E-state index contributed by atoms with van der Waals surface area (Å²) in [5, 5.41) is 0. The zero-order valence-corrected chi connectivity index (χ0v) is 13.9. The summed E-state index contributed by atoms with van der Waals surface area (Å²) < 4.78 is 0.989. The van der Waals surface area contributed by atoms with Gasteiger partial charge in [-0.2, -0.15) is 0 Å². The first-order chi connectivity index (χ1) is 9.63. The largest absolute Gasteiger partial charge is 0.389 e. The molecule has 1 saturated carbocycles. The van der Waals surface area contributed by atoms with Gasteiger partial charge in [-0.05, 0) is 52.9 Å². The highest BCUT2D eigenvalue weighted by molar-refractivity contribution is 9.10. The maximum Gasteiger partial charge on any atom is 0.105 e. The van der Waals surface area contributed by atoms with Crippen molar-refractivity contribution < 1.29 is 0 Å². The Morgan fingerprint density at radius 1 is 1.25 bits per heavy atom. The Kier molecular flexibility index (Phi) is 4.29. The monoisotopic (exact) mass is 353 g/mol. The number of hydrogen-bond acceptors (Lipinski definition) is 3. The molecule has 20 heavy (non-hydrogen) atoms. The molecule has 1 aromatic rings. The molecule has 0 bridgehead atoms. The SMILES string of the molecule is NC(=S)c1ccc(N2CCN(CC3CC3)CC2)cc1Br. The van der Waals surface area contributed by atoms with Crippen molar-refractivity contribution in [2.45, 2.75) is 12.8 Å². The summed E-state index contributed by atoms with van der Waals surface area (Å²) in [5.41, 5.74) is 7.86. The minimum absolute atomic E-state index is 0.442. The number of nitrogens with two attached hydrogens (primary N) is 1. The Labute approximate surface area is 134 Å². The number of thiocarbonyl (C=S) groups is 1. The van der Waals surface area contributed by atoms with Gasteiger partial charge in [0.15, 0.2) is 0 Å². The predicted octanol–water partition coefficient (Wildman–Crippen LogP) is 2.62. The maximum absolute atomic E-state index is 5.69. The highest BCUT2D eigenvalue weighted by Crippen LogP contribution is 2.30. The Balaban J connectivity index is 1.62. The summed E-state index contributed by atoms with van der Waals surface area (Å²) in [4.78, 5) is 5.49. The van der Waals surface area contributed by atoms with Crippen molar-refractivity contribution in [3.63, 3.8) is 0 Å². The van der Waals surface area contributed by atoms with E-state index in [1.165, 1.54) is 38.2 Å². The number of nitrogens with zero attached hydrogens (tertiary/aromatic N) is 2. The molecule has 2 N–H and O–H groups in total. The molecule has 0 spiro atoms. The first kappa shape index (κ1) is 14.3. The van der Waals surface area contributed by atoms with Gasteiger partial charge in [-0.15, -0.1) is 0 Å². The first-order valence-electron chi connectivity index (χ1n) is 7.20. The summed E-state index contributed by atoms with van der Waals surface area (Å²) in [5.74, 6) is 0.987. The van der Waals surface area contributed by atoms with Gasteiger partial charge >= 0.3 is 0 Å². The molecule has 0 unspecified atom stereocenters. The lowest BCUT2D eigenvalue weighted by molar-refractivity contribution is 0.248. The second kappa shape index (κ2) is 6.00. The Morgan fingerprint density at radius 3 is 2.50 bits per heavy atom. The third-order valence-electron chi connectivity index (χ3n) is 4.17. The van der Waals surface area contributed by atoms with E-state index in [1.807, 2.05) is 6.07 Å². The summed E-state index contributed by atoms with van der Waals surface area (Å²) in [6.07, 6.45) is 2.88. The number of halogens is 1. The maximum atomic E-state index is 5.69. The second-order valence-corrected chi connectivity index (χ2v) is 7.05. The van der Waals surface area contributed by atoms with Gasteiger partial charge in [-0.25, -0.2) is 0 Å². The van der Waals surface area contributed by atoms with E-state index in [0.717, 1.165) is 29.0 Å². The molecule has 1 aliphatic heterocycles. The molecule has 0 atom stereocenters. The molecule has 1 heterocycles. The van der Waals surface area contributed by atoms with Crippen LogP contribution >= 0.6 is 28.1 Å². The fourth-order valence-corrected chi connectivity index (χ4v) is 3.64. The molecule has 2 aliphatic rings. The summed E-state index contributed by atoms with van der Waals surface area (Å²) in [7, 11) is 0. The zero-order chi connectivity index (χ0) is 14.1. The van der Waals surface area contributed by atoms with Gasteiger partial charge in [-0.1, -0.05) is 12.2 Å². The molecule has 5 heteroatoms. The molecular weight excluding hydrogens is 334 g/mol. The molecular formula is C15H20BrN3S. The smallest absolute Gasteiger partial charge is 0.105 e. The van der Waals surface area contributed by atoms with Crippen LogP contribution in [-0.4, -0.2) is 42.6 Å². The van der Waals surface area contributed by atoms with Crippen LogP contribution in [0.1, 0.15) is 18.4 Å². The van der Waals surface area contributed by atoms with E-state index < -0.39 is 0 Å². The summed E-state index contributed by atoms with van der Waals surface area (Å²) >= 11 is 8.60. The Bertz CT molecular complexity index is 508. The number of piperazine rings is 1. The standard InChI is InChI=1S/C15H20BrN3S/c16-14-9-12(3-4-13(14)15(17)20)19-7-5-18(6-8-19)10-11-1-2-11/h3-4,9,11H,1-2,5-8,10H2,(H2,17,20). The van der Waals surface area contributed by atoms with Gasteiger partial charge in [0, 0.05) is 48.4 Å². The van der Waals surface area contributed by atoms with Gasteiger partial charge in [0.1, 0.15) is 4.99 Å². The van der Waals surface area contributed by atoms with E-state index in [-0.39, 0.29) is 0 Å². The molecule has 3 nitrogen and oxygen atoms in total. The number of benzene rings is 1.